The second kappa shape index (κ2) is 11.4. The van der Waals surface area contributed by atoms with Crippen LogP contribution in [0.15, 0.2) is 79.0 Å². The highest BCUT2D eigenvalue weighted by atomic mass is 16.6. The monoisotopic (exact) mass is 525 g/mol. The lowest BCUT2D eigenvalue weighted by Gasteiger charge is -2.23. The molecule has 39 heavy (non-hydrogen) atoms. The van der Waals surface area contributed by atoms with Gasteiger partial charge < -0.3 is 19.2 Å². The summed E-state index contributed by atoms with van der Waals surface area (Å²) >= 11 is 0. The van der Waals surface area contributed by atoms with Gasteiger partial charge in [-0.25, -0.2) is 9.78 Å². The largest absolute Gasteiger partial charge is 0.466 e. The molecule has 0 bridgehead atoms. The highest BCUT2D eigenvalue weighted by molar-refractivity contribution is 5.73. The molecule has 3 aromatic carbocycles. The average molecular weight is 526 g/mol. The summed E-state index contributed by atoms with van der Waals surface area (Å²) < 4.78 is 17.2. The summed E-state index contributed by atoms with van der Waals surface area (Å²) in [5.41, 5.74) is 4.36. The highest BCUT2D eigenvalue weighted by Gasteiger charge is 2.39. The Bertz CT molecular complexity index is 1470. The van der Waals surface area contributed by atoms with Gasteiger partial charge in [-0.05, 0) is 62.2 Å². The first-order valence-electron chi connectivity index (χ1n) is 13.0. The van der Waals surface area contributed by atoms with Crippen molar-refractivity contribution in [3.63, 3.8) is 0 Å². The quantitative estimate of drug-likeness (QED) is 0.255. The number of esters is 1. The zero-order valence-electron chi connectivity index (χ0n) is 22.2. The van der Waals surface area contributed by atoms with Gasteiger partial charge in [-0.3, -0.25) is 9.69 Å². The van der Waals surface area contributed by atoms with Gasteiger partial charge in [0.15, 0.2) is 0 Å². The minimum atomic E-state index is -0.374. The summed E-state index contributed by atoms with van der Waals surface area (Å²) in [5, 5.41) is 0. The number of aryl methyl sites for hydroxylation is 1. The minimum Gasteiger partial charge on any atom is -0.466 e. The Morgan fingerprint density at radius 1 is 1.08 bits per heavy atom. The molecule has 2 heterocycles. The van der Waals surface area contributed by atoms with Crippen LogP contribution >= 0.6 is 0 Å². The number of nitrogens with one attached hydrogen (secondary N) is 1. The molecule has 5 rings (SSSR count). The van der Waals surface area contributed by atoms with Crippen LogP contribution in [0.3, 0.4) is 0 Å². The molecule has 8 nitrogen and oxygen atoms in total. The van der Waals surface area contributed by atoms with Crippen molar-refractivity contribution in [2.24, 2.45) is 0 Å². The predicted molar refractivity (Wildman–Crippen MR) is 146 cm³/mol. The molecule has 1 aromatic heterocycles. The standard InChI is InChI=1S/C31H31N3O5/c1-4-37-29(35)16-22-9-8-12-26(15-22)38-28-14-13-24(27-18-32-21(3)33-27)17-25(28)19-34-20(2)30(39-31(34)36)23-10-6-5-7-11-23/h5-15,17-18,20,30H,4,16,19H2,1-3H3,(H,32,33)/t20-,30-/m0/s1. The number of amides is 1. The van der Waals surface area contributed by atoms with Crippen molar-refractivity contribution in [1.29, 1.82) is 0 Å². The lowest BCUT2D eigenvalue weighted by atomic mass is 10.0. The van der Waals surface area contributed by atoms with E-state index in [9.17, 15) is 9.59 Å². The number of carbonyl (C=O) groups is 2. The van der Waals surface area contributed by atoms with Crippen molar-refractivity contribution in [2.75, 3.05) is 6.61 Å². The van der Waals surface area contributed by atoms with Crippen LogP contribution in [0.1, 0.15) is 42.5 Å². The molecule has 200 valence electrons. The van der Waals surface area contributed by atoms with E-state index in [1.165, 1.54) is 0 Å². The average Bonchev–Trinajstić information content (AvgIpc) is 3.48. The van der Waals surface area contributed by atoms with Crippen molar-refractivity contribution in [3.05, 3.63) is 102 Å². The number of imidazole rings is 1. The van der Waals surface area contributed by atoms with E-state index in [1.807, 2.05) is 86.6 Å². The minimum absolute atomic E-state index is 0.161. The van der Waals surface area contributed by atoms with E-state index < -0.39 is 0 Å². The van der Waals surface area contributed by atoms with Gasteiger partial charge >= 0.3 is 12.1 Å². The van der Waals surface area contributed by atoms with Crippen LogP contribution in [0.5, 0.6) is 11.5 Å². The van der Waals surface area contributed by atoms with Crippen LogP contribution in [0.25, 0.3) is 11.3 Å². The van der Waals surface area contributed by atoms with E-state index in [-0.39, 0.29) is 30.6 Å². The van der Waals surface area contributed by atoms with Crippen LogP contribution in [-0.4, -0.2) is 39.6 Å². The fourth-order valence-electron chi connectivity index (χ4n) is 4.75. The second-order valence-corrected chi connectivity index (χ2v) is 9.52. The molecular weight excluding hydrogens is 494 g/mol. The molecule has 0 spiro atoms. The van der Waals surface area contributed by atoms with Gasteiger partial charge in [0.2, 0.25) is 0 Å². The van der Waals surface area contributed by atoms with Crippen molar-refractivity contribution in [1.82, 2.24) is 14.9 Å². The molecule has 0 radical (unpaired) electrons. The number of rotatable bonds is 9. The fraction of sp³-hybridized carbons (Fsp3) is 0.258. The highest BCUT2D eigenvalue weighted by Crippen LogP contribution is 2.36. The Kier molecular flexibility index (Phi) is 7.63. The number of aromatic amines is 1. The molecule has 8 heteroatoms. The summed E-state index contributed by atoms with van der Waals surface area (Å²) in [4.78, 5) is 34.3. The Morgan fingerprint density at radius 2 is 1.90 bits per heavy atom. The lowest BCUT2D eigenvalue weighted by molar-refractivity contribution is -0.142. The maximum absolute atomic E-state index is 13.0. The number of hydrogen-bond donors (Lipinski definition) is 1. The molecule has 1 saturated heterocycles. The zero-order valence-corrected chi connectivity index (χ0v) is 22.2. The number of cyclic esters (lactones) is 1. The van der Waals surface area contributed by atoms with Gasteiger partial charge in [-0.2, -0.15) is 0 Å². The topological polar surface area (TPSA) is 93.8 Å². The predicted octanol–water partition coefficient (Wildman–Crippen LogP) is 6.37. The molecule has 0 aliphatic carbocycles. The van der Waals surface area contributed by atoms with Crippen LogP contribution in [-0.2, 0) is 27.2 Å². The second-order valence-electron chi connectivity index (χ2n) is 9.52. The Labute approximate surface area is 227 Å². The number of carbonyl (C=O) groups excluding carboxylic acids is 2. The van der Waals surface area contributed by atoms with Gasteiger partial charge in [-0.15, -0.1) is 0 Å². The van der Waals surface area contributed by atoms with E-state index in [1.54, 1.807) is 18.0 Å². The number of H-pyrrole nitrogens is 1. The van der Waals surface area contributed by atoms with Crippen LogP contribution in [0.2, 0.25) is 0 Å². The summed E-state index contributed by atoms with van der Waals surface area (Å²) in [6.07, 6.45) is 1.21. The molecule has 1 aliphatic rings. The van der Waals surface area contributed by atoms with Crippen molar-refractivity contribution in [2.45, 2.75) is 45.9 Å². The van der Waals surface area contributed by atoms with Gasteiger partial charge in [0.25, 0.3) is 0 Å². The molecule has 2 atom stereocenters. The first-order valence-corrected chi connectivity index (χ1v) is 13.0. The first kappa shape index (κ1) is 26.0. The molecule has 1 aliphatic heterocycles. The van der Waals surface area contributed by atoms with Gasteiger partial charge in [-0.1, -0.05) is 42.5 Å². The van der Waals surface area contributed by atoms with Gasteiger partial charge in [0.05, 0.1) is 37.5 Å². The smallest absolute Gasteiger partial charge is 0.411 e. The summed E-state index contributed by atoms with van der Waals surface area (Å²) in [7, 11) is 0. The van der Waals surface area contributed by atoms with Crippen LogP contribution < -0.4 is 4.74 Å². The molecule has 4 aromatic rings. The Morgan fingerprint density at radius 3 is 2.64 bits per heavy atom. The summed E-state index contributed by atoms with van der Waals surface area (Å²) in [5.74, 6) is 1.71. The van der Waals surface area contributed by atoms with Crippen LogP contribution in [0, 0.1) is 6.92 Å². The third-order valence-corrected chi connectivity index (χ3v) is 6.72. The number of aromatic nitrogens is 2. The number of hydrogen-bond acceptors (Lipinski definition) is 6. The van der Waals surface area contributed by atoms with E-state index >= 15 is 0 Å². The van der Waals surface area contributed by atoms with E-state index in [4.69, 9.17) is 14.2 Å². The van der Waals surface area contributed by atoms with Crippen molar-refractivity contribution < 1.29 is 23.8 Å². The Balaban J connectivity index is 1.44. The van der Waals surface area contributed by atoms with Crippen molar-refractivity contribution in [3.8, 4) is 22.8 Å². The summed E-state index contributed by atoms with van der Waals surface area (Å²) in [6, 6.07) is 22.8. The van der Waals surface area contributed by atoms with E-state index in [2.05, 4.69) is 9.97 Å². The van der Waals surface area contributed by atoms with Gasteiger partial charge in [0, 0.05) is 11.1 Å². The fourth-order valence-corrected chi connectivity index (χ4v) is 4.75. The van der Waals surface area contributed by atoms with E-state index in [0.717, 1.165) is 33.8 Å². The van der Waals surface area contributed by atoms with E-state index in [0.29, 0.717) is 24.7 Å². The maximum atomic E-state index is 13.0. The SMILES string of the molecule is CCOC(=O)Cc1cccc(Oc2ccc(-c3cnc(C)[nH]3)cc2CN2C(=O)O[C@H](c3ccccc3)[C@@H]2C)c1. The molecule has 0 saturated carbocycles. The Hall–Kier alpha value is -4.59. The normalized spacial score (nSPS) is 16.7. The molecular formula is C31H31N3O5. The number of ether oxygens (including phenoxy) is 3. The number of benzene rings is 3. The third-order valence-electron chi connectivity index (χ3n) is 6.72. The lowest BCUT2D eigenvalue weighted by Crippen LogP contribution is -2.31. The number of nitrogens with zero attached hydrogens (tertiary/aromatic N) is 2. The first-order chi connectivity index (χ1) is 18.9. The summed E-state index contributed by atoms with van der Waals surface area (Å²) in [6.45, 7) is 6.30. The molecule has 1 N–H and O–H groups in total. The molecule has 1 fully saturated rings. The van der Waals surface area contributed by atoms with Crippen molar-refractivity contribution >= 4 is 12.1 Å². The maximum Gasteiger partial charge on any atom is 0.411 e. The molecule has 1 amide bonds. The van der Waals surface area contributed by atoms with Gasteiger partial charge in [0.1, 0.15) is 23.4 Å². The molecule has 0 unspecified atom stereocenters. The third kappa shape index (κ3) is 5.95. The van der Waals surface area contributed by atoms with Crippen LogP contribution in [0.4, 0.5) is 4.79 Å². The zero-order chi connectivity index (χ0) is 27.4.